The van der Waals surface area contributed by atoms with Gasteiger partial charge < -0.3 is 14.2 Å². The van der Waals surface area contributed by atoms with Gasteiger partial charge in [0.25, 0.3) is 0 Å². The summed E-state index contributed by atoms with van der Waals surface area (Å²) in [5, 5.41) is 2.10. The fraction of sp³-hybridized carbons (Fsp3) is 0.329. The zero-order chi connectivity index (χ0) is 69.7. The zero-order valence-corrected chi connectivity index (χ0v) is 61.2. The van der Waals surface area contributed by atoms with Gasteiger partial charge in [-0.3, -0.25) is 4.98 Å². The molecule has 504 valence electrons. The van der Waals surface area contributed by atoms with Crippen molar-refractivity contribution in [3.05, 3.63) is 242 Å². The third-order valence-corrected chi connectivity index (χ3v) is 14.4. The van der Waals surface area contributed by atoms with Gasteiger partial charge in [0.1, 0.15) is 23.1 Å². The highest BCUT2D eigenvalue weighted by Crippen LogP contribution is 2.37. The number of aromatic nitrogens is 1. The number of benzene rings is 5. The van der Waals surface area contributed by atoms with Crippen LogP contribution < -0.4 is 14.2 Å². The Bertz CT molecular complexity index is 3240. The Morgan fingerprint density at radius 3 is 1.28 bits per heavy atom. The summed E-state index contributed by atoms with van der Waals surface area (Å²) in [5.41, 5.74) is 1.73. The van der Waals surface area contributed by atoms with E-state index in [2.05, 4.69) is 199 Å². The van der Waals surface area contributed by atoms with Crippen LogP contribution in [0.5, 0.6) is 17.2 Å². The molecule has 93 heavy (non-hydrogen) atoms. The Morgan fingerprint density at radius 2 is 0.892 bits per heavy atom. The number of nitrogens with zero attached hydrogens (tertiary/aromatic N) is 1. The van der Waals surface area contributed by atoms with Crippen molar-refractivity contribution in [1.29, 1.82) is 0 Å². The first-order valence-corrected chi connectivity index (χ1v) is 34.7. The van der Waals surface area contributed by atoms with Gasteiger partial charge >= 0.3 is 12.1 Å². The summed E-state index contributed by atoms with van der Waals surface area (Å²) >= 11 is 6.68. The molecule has 7 aromatic rings. The van der Waals surface area contributed by atoms with E-state index in [-0.39, 0.29) is 28.2 Å². The molecule has 0 N–H and O–H groups in total. The molecule has 0 radical (unpaired) electrons. The zero-order valence-electron chi connectivity index (χ0n) is 57.2. The number of thioether (sulfide) groups is 2. The molecule has 0 saturated carbocycles. The van der Waals surface area contributed by atoms with Gasteiger partial charge in [-0.1, -0.05) is 240 Å². The van der Waals surface area contributed by atoms with Crippen LogP contribution in [0.4, 0.5) is 26.3 Å². The topological polar surface area (TPSA) is 40.6 Å². The molecule has 14 heteroatoms. The van der Waals surface area contributed by atoms with Gasteiger partial charge in [-0.15, -0.1) is 23.1 Å². The van der Waals surface area contributed by atoms with Crippen LogP contribution in [0.3, 0.4) is 0 Å². The summed E-state index contributed by atoms with van der Waals surface area (Å²) in [6.45, 7) is 26.9. The molecule has 5 aromatic carbocycles. The van der Waals surface area contributed by atoms with Crippen LogP contribution in [0.25, 0.3) is 42.5 Å². The van der Waals surface area contributed by atoms with E-state index in [0.29, 0.717) is 47.0 Å². The van der Waals surface area contributed by atoms with Gasteiger partial charge in [-0.05, 0) is 178 Å². The molecule has 7 rings (SSSR count). The van der Waals surface area contributed by atoms with Crippen molar-refractivity contribution >= 4 is 93.3 Å². The third-order valence-electron chi connectivity index (χ3n) is 11.6. The van der Waals surface area contributed by atoms with Crippen molar-refractivity contribution in [1.82, 2.24) is 4.98 Å². The van der Waals surface area contributed by atoms with E-state index >= 15 is 0 Å². The number of thiophene rings is 1. The number of pyridine rings is 1. The van der Waals surface area contributed by atoms with Crippen molar-refractivity contribution in [3.63, 3.8) is 0 Å². The number of allylic oxidation sites excluding steroid dienone is 7. The first-order valence-electron chi connectivity index (χ1n) is 30.9. The molecular weight excluding hydrogens is 1300 g/mol. The SMILES string of the molecule is CC(C)/C=C/c1ccc(Br)cc1F.CC(C)/C=C/c1ccc(OC(F)F)cc1.CC(C)/C=C/c1ccc(SC(F)(F)F)cc1.CC(C)/C=C/c1ccccn1.CC(C)/C=C/c1cccs1.COc1cc(/C=C/C(C)C)cc(OC)c1.CSc1ccc(/C=C/C(C)C)cc1. The third kappa shape index (κ3) is 46.1. The first-order chi connectivity index (χ1) is 44.0. The molecule has 0 atom stereocenters. The monoisotopic (exact) mass is 1400 g/mol. The summed E-state index contributed by atoms with van der Waals surface area (Å²) in [4.78, 5) is 7.04. The van der Waals surface area contributed by atoms with Crippen molar-refractivity contribution in [2.45, 2.75) is 119 Å². The lowest BCUT2D eigenvalue weighted by Crippen LogP contribution is -2.01. The molecule has 0 aliphatic carbocycles. The molecular formula is C79H98BrF6NO3S3. The molecule has 2 aromatic heterocycles. The van der Waals surface area contributed by atoms with Crippen LogP contribution in [0.15, 0.2) is 208 Å². The maximum absolute atomic E-state index is 13.2. The average molecular weight is 1400 g/mol. The Morgan fingerprint density at radius 1 is 0.462 bits per heavy atom. The van der Waals surface area contributed by atoms with Crippen LogP contribution in [-0.2, 0) is 0 Å². The van der Waals surface area contributed by atoms with Crippen LogP contribution in [-0.4, -0.2) is 37.6 Å². The predicted octanol–water partition coefficient (Wildman–Crippen LogP) is 26.8. The van der Waals surface area contributed by atoms with Gasteiger partial charge in [0.15, 0.2) is 0 Å². The smallest absolute Gasteiger partial charge is 0.446 e. The van der Waals surface area contributed by atoms with E-state index < -0.39 is 12.1 Å². The van der Waals surface area contributed by atoms with Crippen LogP contribution in [0, 0.1) is 47.2 Å². The number of halogens is 7. The maximum atomic E-state index is 13.2. The molecule has 4 nitrogen and oxygen atoms in total. The fourth-order valence-electron chi connectivity index (χ4n) is 6.77. The second kappa shape index (κ2) is 48.9. The fourth-order valence-corrected chi connectivity index (χ4v) is 8.68. The molecule has 0 amide bonds. The summed E-state index contributed by atoms with van der Waals surface area (Å²) in [6.07, 6.45) is 32.8. The number of alkyl halides is 5. The van der Waals surface area contributed by atoms with E-state index in [1.807, 2.05) is 98.8 Å². The van der Waals surface area contributed by atoms with Gasteiger partial charge in [-0.25, -0.2) is 4.39 Å². The molecule has 0 unspecified atom stereocenters. The average Bonchev–Trinajstić information content (AvgIpc) is 3.30. The lowest BCUT2D eigenvalue weighted by molar-refractivity contribution is -0.0498. The van der Waals surface area contributed by atoms with Crippen LogP contribution in [0.1, 0.15) is 135 Å². The van der Waals surface area contributed by atoms with E-state index in [1.54, 1.807) is 73.8 Å². The Kier molecular flexibility index (Phi) is 44.3. The summed E-state index contributed by atoms with van der Waals surface area (Å²) in [5.74, 6) is 5.41. The van der Waals surface area contributed by atoms with Crippen molar-refractivity contribution in [3.8, 4) is 17.2 Å². The van der Waals surface area contributed by atoms with Gasteiger partial charge in [-0.2, -0.15) is 22.0 Å². The minimum atomic E-state index is -4.21. The second-order valence-electron chi connectivity index (χ2n) is 23.1. The number of hydrogen-bond acceptors (Lipinski definition) is 7. The summed E-state index contributed by atoms with van der Waals surface area (Å²) in [6, 6.07) is 42.6. The number of hydrogen-bond donors (Lipinski definition) is 0. The Labute approximate surface area is 575 Å². The Balaban J connectivity index is 0.000000545. The number of rotatable bonds is 20. The molecule has 0 saturated heterocycles. The van der Waals surface area contributed by atoms with Gasteiger partial charge in [0.05, 0.1) is 19.9 Å². The predicted molar refractivity (Wildman–Crippen MR) is 399 cm³/mol. The van der Waals surface area contributed by atoms with Crippen molar-refractivity contribution in [2.24, 2.45) is 41.4 Å². The highest BCUT2D eigenvalue weighted by atomic mass is 79.9. The van der Waals surface area contributed by atoms with Gasteiger partial charge in [0.2, 0.25) is 0 Å². The molecule has 0 spiro atoms. The lowest BCUT2D eigenvalue weighted by Gasteiger charge is -2.06. The minimum absolute atomic E-state index is 0.0903. The molecule has 0 bridgehead atoms. The second-order valence-corrected chi connectivity index (χ2v) is 27.1. The normalized spacial score (nSPS) is 11.6. The van der Waals surface area contributed by atoms with Gasteiger partial charge in [0, 0.05) is 37.0 Å². The van der Waals surface area contributed by atoms with Crippen LogP contribution in [0.2, 0.25) is 0 Å². The van der Waals surface area contributed by atoms with Crippen LogP contribution >= 0.6 is 50.8 Å². The number of ether oxygens (including phenoxy) is 3. The maximum Gasteiger partial charge on any atom is 0.446 e. The highest BCUT2D eigenvalue weighted by Gasteiger charge is 2.29. The van der Waals surface area contributed by atoms with E-state index in [1.165, 1.54) is 45.7 Å². The quantitative estimate of drug-likeness (QED) is 0.0560. The van der Waals surface area contributed by atoms with Crippen molar-refractivity contribution in [2.75, 3.05) is 20.5 Å². The summed E-state index contributed by atoms with van der Waals surface area (Å²) in [7, 11) is 3.31. The first kappa shape index (κ1) is 84.3. The largest absolute Gasteiger partial charge is 0.497 e. The lowest BCUT2D eigenvalue weighted by atomic mass is 10.1. The number of methoxy groups -OCH3 is 2. The minimum Gasteiger partial charge on any atom is -0.497 e. The molecule has 0 aliphatic rings. The van der Waals surface area contributed by atoms with Crippen molar-refractivity contribution < 1.29 is 40.6 Å². The Hall–Kier alpha value is -6.71. The molecule has 0 aliphatic heterocycles. The standard InChI is InChI=1S/C13H18O2.C12H13F3S.C12H14F2O.C12H16S.C11H12BrF.C10H13N.C9H12S/c1-10(2)5-6-11-7-12(14-3)9-13(8-11)15-4;1-9(2)3-4-10-5-7-11(8-6-10)16-12(13,14)15;1-9(2)3-4-10-5-7-11(8-6-10)15-12(13)14;1-10(2)4-5-11-6-8-12(13-3)9-7-11;1-8(2)3-4-9-5-6-10(12)7-11(9)13;1-9(2)6-7-10-5-3-4-8-11-10;1-8(2)5-6-9-4-3-7-10-9/h5-10H,1-4H3;3-9H,1-2H3;3-9,12H,1-2H3;4-10H,1-3H3;3-8H,1-2H3;3-9H,1-2H3;3-8H,1-2H3/b6-5+;2*4-3+;5-4+;4-3+;7-6+;6-5+. The highest BCUT2D eigenvalue weighted by molar-refractivity contribution is 9.10. The van der Waals surface area contributed by atoms with E-state index in [4.69, 9.17) is 9.47 Å². The molecule has 0 fully saturated rings. The summed E-state index contributed by atoms with van der Waals surface area (Å²) < 4.78 is 88.4. The van der Waals surface area contributed by atoms with E-state index in [9.17, 15) is 26.3 Å². The van der Waals surface area contributed by atoms with E-state index in [0.717, 1.165) is 38.4 Å². The molecule has 2 heterocycles.